The second kappa shape index (κ2) is 6.07. The Labute approximate surface area is 120 Å². The molecule has 0 aliphatic heterocycles. The lowest BCUT2D eigenvalue weighted by Gasteiger charge is -2.19. The Hall–Kier alpha value is -1.18. The minimum atomic E-state index is -3.56. The number of aromatic amines is 1. The van der Waals surface area contributed by atoms with E-state index >= 15 is 0 Å². The molecule has 2 N–H and O–H groups in total. The summed E-state index contributed by atoms with van der Waals surface area (Å²) in [6, 6.07) is 0.0991. The van der Waals surface area contributed by atoms with Crippen LogP contribution >= 0.6 is 0 Å². The molecule has 0 unspecified atom stereocenters. The summed E-state index contributed by atoms with van der Waals surface area (Å²) in [6.45, 7) is 9.09. The quantitative estimate of drug-likeness (QED) is 0.706. The van der Waals surface area contributed by atoms with Gasteiger partial charge in [-0.1, -0.05) is 13.0 Å². The average molecular weight is 298 g/mol. The summed E-state index contributed by atoms with van der Waals surface area (Å²) in [7, 11) is -3.56. The Bertz CT molecular complexity index is 575. The van der Waals surface area contributed by atoms with Crippen molar-refractivity contribution in [2.45, 2.75) is 44.3 Å². The van der Waals surface area contributed by atoms with Crippen molar-refractivity contribution in [1.29, 1.82) is 0 Å². The molecule has 6 nitrogen and oxygen atoms in total. The van der Waals surface area contributed by atoms with E-state index in [-0.39, 0.29) is 11.1 Å². The van der Waals surface area contributed by atoms with Crippen LogP contribution in [-0.4, -0.2) is 42.1 Å². The van der Waals surface area contributed by atoms with Gasteiger partial charge in [-0.3, -0.25) is 5.10 Å². The second-order valence-corrected chi connectivity index (χ2v) is 6.81. The molecule has 0 radical (unpaired) electrons. The molecule has 1 aliphatic carbocycles. The minimum Gasteiger partial charge on any atom is -0.313 e. The summed E-state index contributed by atoms with van der Waals surface area (Å²) in [5.41, 5.74) is 1.51. The van der Waals surface area contributed by atoms with Gasteiger partial charge < -0.3 is 5.32 Å². The largest absolute Gasteiger partial charge is 0.313 e. The molecule has 1 heterocycles. The zero-order chi connectivity index (χ0) is 14.8. The van der Waals surface area contributed by atoms with E-state index in [1.54, 1.807) is 6.08 Å². The Balaban J connectivity index is 2.35. The Morgan fingerprint density at radius 3 is 2.80 bits per heavy atom. The van der Waals surface area contributed by atoms with Crippen LogP contribution in [0.25, 0.3) is 0 Å². The van der Waals surface area contributed by atoms with Crippen LogP contribution in [0.2, 0.25) is 0 Å². The highest BCUT2D eigenvalue weighted by Crippen LogP contribution is 2.32. The molecule has 7 heteroatoms. The lowest BCUT2D eigenvalue weighted by Crippen LogP contribution is -2.34. The fourth-order valence-corrected chi connectivity index (χ4v) is 3.97. The topological polar surface area (TPSA) is 78.1 Å². The maximum absolute atomic E-state index is 12.8. The smallest absolute Gasteiger partial charge is 0.263 e. The molecule has 20 heavy (non-hydrogen) atoms. The summed E-state index contributed by atoms with van der Waals surface area (Å²) >= 11 is 0. The van der Waals surface area contributed by atoms with Crippen LogP contribution in [0.5, 0.6) is 0 Å². The van der Waals surface area contributed by atoms with Crippen LogP contribution in [0, 0.1) is 6.92 Å². The van der Waals surface area contributed by atoms with E-state index < -0.39 is 10.0 Å². The van der Waals surface area contributed by atoms with Gasteiger partial charge in [0.05, 0.1) is 0 Å². The van der Waals surface area contributed by atoms with Crippen LogP contribution < -0.4 is 5.32 Å². The molecule has 112 valence electrons. The van der Waals surface area contributed by atoms with Gasteiger partial charge in [0.2, 0.25) is 0 Å². The molecule has 1 fully saturated rings. The van der Waals surface area contributed by atoms with Crippen LogP contribution in [0.4, 0.5) is 0 Å². The number of nitrogens with zero attached hydrogens (tertiary/aromatic N) is 2. The number of aromatic nitrogens is 2. The average Bonchev–Trinajstić information content (AvgIpc) is 3.17. The van der Waals surface area contributed by atoms with Gasteiger partial charge in [-0.25, -0.2) is 8.42 Å². The molecule has 0 atom stereocenters. The molecule has 1 aliphatic rings. The predicted molar refractivity (Wildman–Crippen MR) is 77.8 cm³/mol. The molecule has 1 saturated carbocycles. The second-order valence-electron chi connectivity index (χ2n) is 5.01. The molecule has 0 bridgehead atoms. The van der Waals surface area contributed by atoms with E-state index in [1.807, 2.05) is 13.8 Å². The molecular weight excluding hydrogens is 276 g/mol. The molecule has 0 aromatic carbocycles. The maximum atomic E-state index is 12.8. The summed E-state index contributed by atoms with van der Waals surface area (Å²) in [6.07, 6.45) is 3.46. The van der Waals surface area contributed by atoms with E-state index in [9.17, 15) is 8.42 Å². The molecule has 0 amide bonds. The van der Waals surface area contributed by atoms with E-state index in [4.69, 9.17) is 0 Å². The first-order chi connectivity index (χ1) is 9.52. The lowest BCUT2D eigenvalue weighted by molar-refractivity contribution is 0.432. The fraction of sp³-hybridized carbons (Fsp3) is 0.615. The fourth-order valence-electron chi connectivity index (χ4n) is 2.15. The summed E-state index contributed by atoms with van der Waals surface area (Å²) in [4.78, 5) is 0. The highest BCUT2D eigenvalue weighted by molar-refractivity contribution is 7.89. The van der Waals surface area contributed by atoms with E-state index in [2.05, 4.69) is 22.1 Å². The molecule has 1 aromatic rings. The first-order valence-corrected chi connectivity index (χ1v) is 8.33. The van der Waals surface area contributed by atoms with Crippen molar-refractivity contribution in [3.63, 3.8) is 0 Å². The SMILES string of the molecule is C=CCN(C1CC1)S(=O)(=O)c1n[nH]c(C)c1CNCC. The molecule has 0 spiro atoms. The number of sulfonamides is 1. The number of nitrogens with one attached hydrogen (secondary N) is 2. The number of hydrogen-bond acceptors (Lipinski definition) is 4. The Morgan fingerprint density at radius 2 is 2.25 bits per heavy atom. The van der Waals surface area contributed by atoms with Gasteiger partial charge in [0.1, 0.15) is 0 Å². The van der Waals surface area contributed by atoms with Gasteiger partial charge in [0.25, 0.3) is 10.0 Å². The summed E-state index contributed by atoms with van der Waals surface area (Å²) in [5.74, 6) is 0. The third-order valence-electron chi connectivity index (χ3n) is 3.40. The molecule has 0 saturated heterocycles. The highest BCUT2D eigenvalue weighted by atomic mass is 32.2. The van der Waals surface area contributed by atoms with E-state index in [0.29, 0.717) is 13.1 Å². The van der Waals surface area contributed by atoms with Gasteiger partial charge in [-0.15, -0.1) is 6.58 Å². The minimum absolute atomic E-state index is 0.0991. The Morgan fingerprint density at radius 1 is 1.55 bits per heavy atom. The van der Waals surface area contributed by atoms with Gasteiger partial charge in [-0.2, -0.15) is 9.40 Å². The van der Waals surface area contributed by atoms with Gasteiger partial charge in [-0.05, 0) is 26.3 Å². The van der Waals surface area contributed by atoms with Crippen molar-refractivity contribution in [2.75, 3.05) is 13.1 Å². The van der Waals surface area contributed by atoms with E-state index in [0.717, 1.165) is 30.6 Å². The van der Waals surface area contributed by atoms with Crippen molar-refractivity contribution >= 4 is 10.0 Å². The lowest BCUT2D eigenvalue weighted by atomic mass is 10.2. The zero-order valence-corrected chi connectivity index (χ0v) is 12.8. The van der Waals surface area contributed by atoms with Crippen molar-refractivity contribution in [1.82, 2.24) is 19.8 Å². The molecular formula is C13H22N4O2S. The zero-order valence-electron chi connectivity index (χ0n) is 12.0. The van der Waals surface area contributed by atoms with Gasteiger partial charge in [0, 0.05) is 30.4 Å². The summed E-state index contributed by atoms with van der Waals surface area (Å²) < 4.78 is 27.0. The third kappa shape index (κ3) is 2.94. The standard InChI is InChI=1S/C13H22N4O2S/c1-4-8-17(11-6-7-11)20(18,19)13-12(9-14-5-2)10(3)15-16-13/h4,11,14H,1,5-9H2,2-3H3,(H,15,16). The van der Waals surface area contributed by atoms with Gasteiger partial charge >= 0.3 is 0 Å². The van der Waals surface area contributed by atoms with Crippen molar-refractivity contribution < 1.29 is 8.42 Å². The third-order valence-corrected chi connectivity index (χ3v) is 5.30. The Kier molecular flexibility index (Phi) is 4.62. The maximum Gasteiger partial charge on any atom is 0.263 e. The molecule has 2 rings (SSSR count). The van der Waals surface area contributed by atoms with E-state index in [1.165, 1.54) is 4.31 Å². The van der Waals surface area contributed by atoms with Crippen molar-refractivity contribution in [3.05, 3.63) is 23.9 Å². The van der Waals surface area contributed by atoms with Crippen LogP contribution in [0.1, 0.15) is 31.0 Å². The van der Waals surface area contributed by atoms with Crippen LogP contribution in [-0.2, 0) is 16.6 Å². The monoisotopic (exact) mass is 298 g/mol. The number of H-pyrrole nitrogens is 1. The number of rotatable bonds is 8. The number of aryl methyl sites for hydroxylation is 1. The van der Waals surface area contributed by atoms with Crippen LogP contribution in [0.15, 0.2) is 17.7 Å². The highest BCUT2D eigenvalue weighted by Gasteiger charge is 2.39. The van der Waals surface area contributed by atoms with Crippen LogP contribution in [0.3, 0.4) is 0 Å². The normalized spacial score (nSPS) is 15.8. The van der Waals surface area contributed by atoms with Gasteiger partial charge in [0.15, 0.2) is 5.03 Å². The predicted octanol–water partition coefficient (Wildman–Crippen LogP) is 1.17. The summed E-state index contributed by atoms with van der Waals surface area (Å²) in [5, 5.41) is 10.1. The van der Waals surface area contributed by atoms with Crippen molar-refractivity contribution in [3.8, 4) is 0 Å². The van der Waals surface area contributed by atoms with Crippen molar-refractivity contribution in [2.24, 2.45) is 0 Å². The first kappa shape index (κ1) is 15.2. The molecule has 1 aromatic heterocycles. The first-order valence-electron chi connectivity index (χ1n) is 6.89. The number of hydrogen-bond donors (Lipinski definition) is 2.